The Morgan fingerprint density at radius 1 is 1.25 bits per heavy atom. The Morgan fingerprint density at radius 2 is 2.00 bits per heavy atom. The molecule has 0 radical (unpaired) electrons. The first kappa shape index (κ1) is 8.25. The first-order valence-corrected chi connectivity index (χ1v) is 5.95. The molecule has 1 aromatic rings. The van der Waals surface area contributed by atoms with E-state index in [1.807, 2.05) is 6.07 Å². The molecule has 1 heterocycles. The largest absolute Gasteiger partial charge is 0.219 e. The van der Waals surface area contributed by atoms with Gasteiger partial charge in [-0.25, -0.2) is 8.42 Å². The Hall–Kier alpha value is -0.360. The molecule has 1 aliphatic rings. The second-order valence-corrected chi connectivity index (χ2v) is 5.58. The van der Waals surface area contributed by atoms with Crippen LogP contribution in [0, 0.1) is 3.57 Å². The molecular weight excluding hydrogens is 287 g/mol. The summed E-state index contributed by atoms with van der Waals surface area (Å²) in [4.78, 5) is 0.419. The van der Waals surface area contributed by atoms with Crippen LogP contribution in [0.5, 0.6) is 0 Å². The summed E-state index contributed by atoms with van der Waals surface area (Å²) in [6, 6.07) is 5.30. The molecule has 62 valence electrons. The standard InChI is InChI=1S/C8H5IO2S/c9-7-1-2-8-6(5-7)3-4-12(8,10)11/h1-5H. The van der Waals surface area contributed by atoms with Crippen molar-refractivity contribution < 1.29 is 8.42 Å². The molecule has 0 aromatic heterocycles. The Balaban J connectivity index is 2.78. The minimum atomic E-state index is -3.11. The van der Waals surface area contributed by atoms with E-state index in [0.29, 0.717) is 4.90 Å². The van der Waals surface area contributed by atoms with Gasteiger partial charge < -0.3 is 0 Å². The third-order valence-electron chi connectivity index (χ3n) is 1.71. The summed E-state index contributed by atoms with van der Waals surface area (Å²) in [6.45, 7) is 0. The molecule has 2 nitrogen and oxygen atoms in total. The van der Waals surface area contributed by atoms with Gasteiger partial charge in [0.25, 0.3) is 0 Å². The van der Waals surface area contributed by atoms with Gasteiger partial charge in [-0.15, -0.1) is 0 Å². The zero-order valence-electron chi connectivity index (χ0n) is 5.99. The van der Waals surface area contributed by atoms with Gasteiger partial charge in [0.05, 0.1) is 4.90 Å². The van der Waals surface area contributed by atoms with E-state index in [-0.39, 0.29) is 0 Å². The van der Waals surface area contributed by atoms with Gasteiger partial charge in [0.2, 0.25) is 0 Å². The summed E-state index contributed by atoms with van der Waals surface area (Å²) < 4.78 is 23.6. The fourth-order valence-electron chi connectivity index (χ4n) is 1.14. The van der Waals surface area contributed by atoms with E-state index in [4.69, 9.17) is 0 Å². The summed E-state index contributed by atoms with van der Waals surface area (Å²) in [5.74, 6) is 0. The Morgan fingerprint density at radius 3 is 2.75 bits per heavy atom. The molecule has 0 fully saturated rings. The molecule has 12 heavy (non-hydrogen) atoms. The number of halogens is 1. The maximum absolute atomic E-state index is 11.3. The highest BCUT2D eigenvalue weighted by atomic mass is 127. The number of hydrogen-bond donors (Lipinski definition) is 0. The normalized spacial score (nSPS) is 17.8. The molecule has 0 bridgehead atoms. The van der Waals surface area contributed by atoms with Crippen LogP contribution in [0.4, 0.5) is 0 Å². The Bertz CT molecular complexity index is 460. The van der Waals surface area contributed by atoms with Crippen LogP contribution in [0.3, 0.4) is 0 Å². The van der Waals surface area contributed by atoms with Crippen molar-refractivity contribution in [3.05, 3.63) is 32.7 Å². The maximum Gasteiger partial charge on any atom is 0.200 e. The van der Waals surface area contributed by atoms with Crippen LogP contribution >= 0.6 is 22.6 Å². The van der Waals surface area contributed by atoms with Crippen LogP contribution in [0.2, 0.25) is 0 Å². The third-order valence-corrected chi connectivity index (χ3v) is 3.86. The minimum Gasteiger partial charge on any atom is -0.219 e. The zero-order valence-corrected chi connectivity index (χ0v) is 8.96. The van der Waals surface area contributed by atoms with Gasteiger partial charge in [-0.3, -0.25) is 0 Å². The van der Waals surface area contributed by atoms with Gasteiger partial charge in [-0.2, -0.15) is 0 Å². The molecule has 0 saturated heterocycles. The third kappa shape index (κ3) is 1.19. The number of sulfone groups is 1. The Kier molecular flexibility index (Phi) is 1.76. The van der Waals surface area contributed by atoms with E-state index < -0.39 is 9.84 Å². The fourth-order valence-corrected chi connectivity index (χ4v) is 2.85. The van der Waals surface area contributed by atoms with Crippen LogP contribution < -0.4 is 0 Å². The van der Waals surface area contributed by atoms with Crippen LogP contribution in [-0.2, 0) is 9.84 Å². The molecule has 4 heteroatoms. The predicted octanol–water partition coefficient (Wildman–Crippen LogP) is 2.05. The molecule has 0 N–H and O–H groups in total. The summed E-state index contributed by atoms with van der Waals surface area (Å²) in [7, 11) is -3.11. The number of rotatable bonds is 0. The second-order valence-electron chi connectivity index (χ2n) is 2.53. The van der Waals surface area contributed by atoms with Crippen LogP contribution in [0.25, 0.3) is 6.08 Å². The van der Waals surface area contributed by atoms with Crippen LogP contribution in [0.15, 0.2) is 28.5 Å². The lowest BCUT2D eigenvalue weighted by Crippen LogP contribution is -1.92. The average Bonchev–Trinajstić information content (AvgIpc) is 2.27. The summed E-state index contributed by atoms with van der Waals surface area (Å²) in [5.41, 5.74) is 0.793. The summed E-state index contributed by atoms with van der Waals surface area (Å²) >= 11 is 2.16. The second kappa shape index (κ2) is 2.56. The predicted molar refractivity (Wildman–Crippen MR) is 55.4 cm³/mol. The molecule has 0 unspecified atom stereocenters. The van der Waals surface area contributed by atoms with Gasteiger partial charge >= 0.3 is 0 Å². The lowest BCUT2D eigenvalue weighted by Gasteiger charge is -1.97. The van der Waals surface area contributed by atoms with Crippen molar-refractivity contribution >= 4 is 38.5 Å². The SMILES string of the molecule is O=S1(=O)C=Cc2cc(I)ccc21. The highest BCUT2D eigenvalue weighted by Crippen LogP contribution is 2.27. The lowest BCUT2D eigenvalue weighted by molar-refractivity contribution is 0.605. The first-order chi connectivity index (χ1) is 5.59. The molecule has 1 aliphatic heterocycles. The molecule has 2 rings (SSSR count). The monoisotopic (exact) mass is 292 g/mol. The van der Waals surface area contributed by atoms with Gasteiger partial charge in [-0.05, 0) is 52.4 Å². The van der Waals surface area contributed by atoms with Gasteiger partial charge in [0.15, 0.2) is 9.84 Å². The van der Waals surface area contributed by atoms with Crippen molar-refractivity contribution in [3.63, 3.8) is 0 Å². The van der Waals surface area contributed by atoms with Gasteiger partial charge in [-0.1, -0.05) is 0 Å². The summed E-state index contributed by atoms with van der Waals surface area (Å²) in [6.07, 6.45) is 1.63. The summed E-state index contributed by atoms with van der Waals surface area (Å²) in [5, 5.41) is 1.24. The number of fused-ring (bicyclic) bond motifs is 1. The van der Waals surface area contributed by atoms with Crippen molar-refractivity contribution in [2.45, 2.75) is 4.90 Å². The van der Waals surface area contributed by atoms with E-state index in [1.54, 1.807) is 18.2 Å². The fraction of sp³-hybridized carbons (Fsp3) is 0. The lowest BCUT2D eigenvalue weighted by atomic mass is 10.2. The first-order valence-electron chi connectivity index (χ1n) is 3.32. The van der Waals surface area contributed by atoms with Crippen molar-refractivity contribution in [2.24, 2.45) is 0 Å². The van der Waals surface area contributed by atoms with E-state index in [0.717, 1.165) is 9.13 Å². The van der Waals surface area contributed by atoms with Gasteiger partial charge in [0.1, 0.15) is 0 Å². The topological polar surface area (TPSA) is 34.1 Å². The van der Waals surface area contributed by atoms with Crippen LogP contribution in [-0.4, -0.2) is 8.42 Å². The highest BCUT2D eigenvalue weighted by Gasteiger charge is 2.19. The van der Waals surface area contributed by atoms with Crippen molar-refractivity contribution in [1.82, 2.24) is 0 Å². The van der Waals surface area contributed by atoms with E-state index in [1.165, 1.54) is 5.41 Å². The van der Waals surface area contributed by atoms with E-state index in [2.05, 4.69) is 22.6 Å². The zero-order chi connectivity index (χ0) is 8.77. The smallest absolute Gasteiger partial charge is 0.200 e. The quantitative estimate of drug-likeness (QED) is 0.686. The van der Waals surface area contributed by atoms with Crippen molar-refractivity contribution in [3.8, 4) is 0 Å². The molecular formula is C8H5IO2S. The molecule has 0 spiro atoms. The number of hydrogen-bond acceptors (Lipinski definition) is 2. The van der Waals surface area contributed by atoms with Crippen molar-refractivity contribution in [2.75, 3.05) is 0 Å². The minimum absolute atomic E-state index is 0.419. The van der Waals surface area contributed by atoms with Crippen LogP contribution in [0.1, 0.15) is 5.56 Å². The number of benzene rings is 1. The van der Waals surface area contributed by atoms with E-state index in [9.17, 15) is 8.42 Å². The van der Waals surface area contributed by atoms with Crippen molar-refractivity contribution in [1.29, 1.82) is 0 Å². The molecule has 0 saturated carbocycles. The molecule has 1 aromatic carbocycles. The van der Waals surface area contributed by atoms with Gasteiger partial charge in [0, 0.05) is 8.98 Å². The highest BCUT2D eigenvalue weighted by molar-refractivity contribution is 14.1. The Labute approximate surface area is 84.4 Å². The molecule has 0 aliphatic carbocycles. The maximum atomic E-state index is 11.3. The average molecular weight is 292 g/mol. The molecule has 0 amide bonds. The molecule has 0 atom stereocenters. The van der Waals surface area contributed by atoms with E-state index >= 15 is 0 Å².